The fourth-order valence-electron chi connectivity index (χ4n) is 1.56. The highest BCUT2D eigenvalue weighted by Gasteiger charge is 2.44. The monoisotopic (exact) mass is 293 g/mol. The van der Waals surface area contributed by atoms with Gasteiger partial charge in [0.25, 0.3) is 0 Å². The maximum absolute atomic E-state index is 11.8. The summed E-state index contributed by atoms with van der Waals surface area (Å²) in [5, 5.41) is 9.14. The van der Waals surface area contributed by atoms with Gasteiger partial charge in [-0.2, -0.15) is 0 Å². The lowest BCUT2D eigenvalue weighted by atomic mass is 9.82. The number of esters is 1. The molecule has 110 valence electrons. The van der Waals surface area contributed by atoms with E-state index < -0.39 is 25.2 Å². The van der Waals surface area contributed by atoms with Crippen molar-refractivity contribution in [1.29, 1.82) is 0 Å². The van der Waals surface area contributed by atoms with Crippen LogP contribution in [-0.4, -0.2) is 42.8 Å². The van der Waals surface area contributed by atoms with Gasteiger partial charge in [0.15, 0.2) is 11.6 Å². The van der Waals surface area contributed by atoms with Crippen molar-refractivity contribution in [2.24, 2.45) is 5.41 Å². The molecule has 0 aromatic heterocycles. The largest absolute Gasteiger partial charge is 0.480 e. The molecule has 0 rings (SSSR count). The van der Waals surface area contributed by atoms with Crippen molar-refractivity contribution >= 4 is 19.7 Å². The van der Waals surface area contributed by atoms with E-state index in [1.165, 1.54) is 0 Å². The molecule has 0 spiro atoms. The van der Waals surface area contributed by atoms with E-state index in [-0.39, 0.29) is 32.0 Å². The van der Waals surface area contributed by atoms with Crippen LogP contribution in [0.1, 0.15) is 33.6 Å². The van der Waals surface area contributed by atoms with E-state index in [2.05, 4.69) is 0 Å². The van der Waals surface area contributed by atoms with E-state index in [1.54, 1.807) is 20.8 Å². The minimum atomic E-state index is -1.57. The number of hydrogen-bond acceptors (Lipinski definition) is 5. The molecule has 1 N–H and O–H groups in total. The molecule has 7 heteroatoms. The Labute approximate surface area is 114 Å². The Morgan fingerprint density at radius 1 is 1.21 bits per heavy atom. The molecule has 0 bridgehead atoms. The summed E-state index contributed by atoms with van der Waals surface area (Å²) in [7, 11) is -1.57. The Hall–Kier alpha value is -1.00. The lowest BCUT2D eigenvalue weighted by Gasteiger charge is -2.23. The Balaban J connectivity index is 4.29. The number of carbonyl (C=O) groups is 2. The molecule has 0 radical (unpaired) electrons. The molecule has 0 saturated heterocycles. The molecule has 1 atom stereocenters. The highest BCUT2D eigenvalue weighted by Crippen LogP contribution is 2.29. The Kier molecular flexibility index (Phi) is 8.52. The SMILES string of the molecule is CCOC[P+](=O)CCOC(=O)C(CC)(CC)C(=O)O. The van der Waals surface area contributed by atoms with Crippen LogP contribution in [0.15, 0.2) is 0 Å². The number of carboxylic acids is 1. The molecule has 0 aliphatic heterocycles. The van der Waals surface area contributed by atoms with Crippen LogP contribution in [0, 0.1) is 5.41 Å². The fourth-order valence-corrected chi connectivity index (χ4v) is 2.37. The predicted molar refractivity (Wildman–Crippen MR) is 70.6 cm³/mol. The van der Waals surface area contributed by atoms with Crippen LogP contribution in [0.5, 0.6) is 0 Å². The predicted octanol–water partition coefficient (Wildman–Crippen LogP) is 2.24. The molecule has 0 fully saturated rings. The first-order valence-electron chi connectivity index (χ1n) is 6.35. The second-order valence-corrected chi connectivity index (χ2v) is 5.73. The van der Waals surface area contributed by atoms with Gasteiger partial charge < -0.3 is 14.6 Å². The Bertz CT molecular complexity index is 324. The second-order valence-electron chi connectivity index (χ2n) is 4.06. The second kappa shape index (κ2) is 8.99. The maximum Gasteiger partial charge on any atom is 0.370 e. The molecule has 1 unspecified atom stereocenters. The van der Waals surface area contributed by atoms with Crippen molar-refractivity contribution in [1.82, 2.24) is 0 Å². The number of hydrogen-bond donors (Lipinski definition) is 1. The number of aliphatic carboxylic acids is 1. The van der Waals surface area contributed by atoms with E-state index >= 15 is 0 Å². The highest BCUT2D eigenvalue weighted by molar-refractivity contribution is 7.44. The quantitative estimate of drug-likeness (QED) is 0.377. The van der Waals surface area contributed by atoms with Crippen molar-refractivity contribution in [3.8, 4) is 0 Å². The third-order valence-corrected chi connectivity index (χ3v) is 4.17. The molecule has 0 heterocycles. The Morgan fingerprint density at radius 2 is 1.79 bits per heavy atom. The third-order valence-electron chi connectivity index (χ3n) is 3.02. The molecule has 0 aliphatic rings. The summed E-state index contributed by atoms with van der Waals surface area (Å²) in [6.07, 6.45) is 0.657. The molecule has 0 saturated carbocycles. The molecule has 0 aliphatic carbocycles. The van der Waals surface area contributed by atoms with Crippen LogP contribution in [0.3, 0.4) is 0 Å². The first-order valence-corrected chi connectivity index (χ1v) is 7.98. The molecule has 0 aromatic carbocycles. The summed E-state index contributed by atoms with van der Waals surface area (Å²) in [4.78, 5) is 23.0. The van der Waals surface area contributed by atoms with Gasteiger partial charge >= 0.3 is 19.7 Å². The maximum atomic E-state index is 11.8. The van der Waals surface area contributed by atoms with Gasteiger partial charge in [-0.25, -0.2) is 0 Å². The van der Waals surface area contributed by atoms with E-state index in [0.29, 0.717) is 6.61 Å². The van der Waals surface area contributed by atoms with Gasteiger partial charge in [-0.15, -0.1) is 0 Å². The summed E-state index contributed by atoms with van der Waals surface area (Å²) >= 11 is 0. The highest BCUT2D eigenvalue weighted by atomic mass is 31.1. The van der Waals surface area contributed by atoms with E-state index in [9.17, 15) is 14.2 Å². The van der Waals surface area contributed by atoms with Gasteiger partial charge in [0.05, 0.1) is 0 Å². The van der Waals surface area contributed by atoms with Crippen molar-refractivity contribution < 1.29 is 28.7 Å². The zero-order chi connectivity index (χ0) is 14.9. The normalized spacial score (nSPS) is 12.1. The summed E-state index contributed by atoms with van der Waals surface area (Å²) in [5.41, 5.74) is -1.49. The first kappa shape index (κ1) is 18.0. The molecular formula is C12H22O6P+. The topological polar surface area (TPSA) is 89.9 Å². The minimum Gasteiger partial charge on any atom is -0.480 e. The van der Waals surface area contributed by atoms with Gasteiger partial charge in [0.2, 0.25) is 6.35 Å². The lowest BCUT2D eigenvalue weighted by Crippen LogP contribution is -2.40. The smallest absolute Gasteiger partial charge is 0.370 e. The molecule has 0 aromatic rings. The van der Waals surface area contributed by atoms with E-state index in [1.807, 2.05) is 0 Å². The standard InChI is InChI=1S/C12H21O6P/c1-4-12(5-2,10(13)14)11(15)18-7-8-19(16)9-17-6-3/h4-9H2,1-3H3/p+1. The van der Waals surface area contributed by atoms with Gasteiger partial charge in [-0.05, 0) is 19.8 Å². The lowest BCUT2D eigenvalue weighted by molar-refractivity contribution is -0.169. The van der Waals surface area contributed by atoms with Crippen LogP contribution in [0.2, 0.25) is 0 Å². The summed E-state index contributed by atoms with van der Waals surface area (Å²) < 4.78 is 21.3. The Morgan fingerprint density at radius 3 is 2.21 bits per heavy atom. The first-order chi connectivity index (χ1) is 8.94. The number of ether oxygens (including phenoxy) is 2. The van der Waals surface area contributed by atoms with Crippen LogP contribution >= 0.6 is 7.80 Å². The van der Waals surface area contributed by atoms with E-state index in [0.717, 1.165) is 0 Å². The van der Waals surface area contributed by atoms with Crippen molar-refractivity contribution in [3.63, 3.8) is 0 Å². The van der Waals surface area contributed by atoms with Crippen molar-refractivity contribution in [2.75, 3.05) is 25.7 Å². The zero-order valence-corrected chi connectivity index (χ0v) is 12.6. The van der Waals surface area contributed by atoms with Gasteiger partial charge in [0, 0.05) is 6.61 Å². The van der Waals surface area contributed by atoms with Crippen LogP contribution in [0.4, 0.5) is 0 Å². The average molecular weight is 293 g/mol. The van der Waals surface area contributed by atoms with Gasteiger partial charge in [-0.3, -0.25) is 9.59 Å². The number of carboxylic acid groups (broad SMARTS) is 1. The molecule has 6 nitrogen and oxygen atoms in total. The van der Waals surface area contributed by atoms with Crippen LogP contribution in [-0.2, 0) is 23.6 Å². The van der Waals surface area contributed by atoms with Crippen LogP contribution < -0.4 is 0 Å². The third kappa shape index (κ3) is 5.25. The summed E-state index contributed by atoms with van der Waals surface area (Å²) in [5.74, 6) is -1.94. The molecular weight excluding hydrogens is 271 g/mol. The fraction of sp³-hybridized carbons (Fsp3) is 0.833. The molecule has 19 heavy (non-hydrogen) atoms. The van der Waals surface area contributed by atoms with Gasteiger partial charge in [-0.1, -0.05) is 18.4 Å². The summed E-state index contributed by atoms with van der Waals surface area (Å²) in [6, 6.07) is 0. The molecule has 0 amide bonds. The zero-order valence-electron chi connectivity index (χ0n) is 11.7. The average Bonchev–Trinajstić information content (AvgIpc) is 2.38. The number of carbonyl (C=O) groups excluding carboxylic acids is 1. The van der Waals surface area contributed by atoms with Crippen molar-refractivity contribution in [3.05, 3.63) is 0 Å². The minimum absolute atomic E-state index is 0.0455. The van der Waals surface area contributed by atoms with Crippen LogP contribution in [0.25, 0.3) is 0 Å². The summed E-state index contributed by atoms with van der Waals surface area (Å²) in [6.45, 7) is 5.50. The number of rotatable bonds is 10. The van der Waals surface area contributed by atoms with E-state index in [4.69, 9.17) is 14.6 Å². The van der Waals surface area contributed by atoms with Crippen molar-refractivity contribution in [2.45, 2.75) is 33.6 Å². The van der Waals surface area contributed by atoms with Gasteiger partial charge in [0.1, 0.15) is 6.61 Å².